The standard InChI is InChI=1S/C19H18F3N7O2/c20-19(21,22)14-2-1-3-15(8-14)31-10-18(30)28-6-4-27(5-7-28)16-9-17(25-12-24-16)29-13-23-11-26-29/h1-3,8-9,11-13H,4-7,10H2. The number of nitrogens with zero attached hydrogens (tertiary/aromatic N) is 7. The van der Waals surface area contributed by atoms with Gasteiger partial charge in [-0.05, 0) is 18.2 Å². The van der Waals surface area contributed by atoms with Crippen molar-refractivity contribution in [2.75, 3.05) is 37.7 Å². The first-order valence-corrected chi connectivity index (χ1v) is 9.40. The Kier molecular flexibility index (Phi) is 5.69. The Labute approximate surface area is 175 Å². The number of amides is 1. The summed E-state index contributed by atoms with van der Waals surface area (Å²) in [4.78, 5) is 28.4. The van der Waals surface area contributed by atoms with E-state index in [-0.39, 0.29) is 18.3 Å². The minimum Gasteiger partial charge on any atom is -0.484 e. The van der Waals surface area contributed by atoms with Crippen molar-refractivity contribution >= 4 is 11.7 Å². The van der Waals surface area contributed by atoms with Crippen LogP contribution in [-0.4, -0.2) is 68.3 Å². The van der Waals surface area contributed by atoms with Crippen LogP contribution in [0.25, 0.3) is 5.82 Å². The minimum atomic E-state index is -4.46. The molecule has 2 aromatic heterocycles. The molecule has 0 bridgehead atoms. The molecular weight excluding hydrogens is 415 g/mol. The van der Waals surface area contributed by atoms with E-state index in [4.69, 9.17) is 4.74 Å². The molecule has 1 aromatic carbocycles. The SMILES string of the molecule is O=C(COc1cccc(C(F)(F)F)c1)N1CCN(c2cc(-n3cncn3)ncn2)CC1. The molecule has 9 nitrogen and oxygen atoms in total. The summed E-state index contributed by atoms with van der Waals surface area (Å²) in [7, 11) is 0. The lowest BCUT2D eigenvalue weighted by atomic mass is 10.2. The molecule has 0 saturated carbocycles. The molecule has 4 rings (SSSR count). The predicted octanol–water partition coefficient (Wildman–Crippen LogP) is 1.80. The van der Waals surface area contributed by atoms with Crippen LogP contribution in [0.5, 0.6) is 5.75 Å². The summed E-state index contributed by atoms with van der Waals surface area (Å²) in [6.07, 6.45) is -0.0813. The Morgan fingerprint density at radius 2 is 1.81 bits per heavy atom. The quantitative estimate of drug-likeness (QED) is 0.606. The lowest BCUT2D eigenvalue weighted by molar-refractivity contribution is -0.137. The van der Waals surface area contributed by atoms with E-state index in [1.807, 2.05) is 4.90 Å². The number of hydrogen-bond donors (Lipinski definition) is 0. The number of halogens is 3. The number of rotatable bonds is 5. The van der Waals surface area contributed by atoms with Crippen molar-refractivity contribution in [3.8, 4) is 11.6 Å². The average molecular weight is 433 g/mol. The Hall–Kier alpha value is -3.70. The van der Waals surface area contributed by atoms with E-state index in [0.29, 0.717) is 37.8 Å². The number of carbonyl (C=O) groups is 1. The van der Waals surface area contributed by atoms with Gasteiger partial charge in [-0.1, -0.05) is 6.07 Å². The number of aromatic nitrogens is 5. The summed E-state index contributed by atoms with van der Waals surface area (Å²) >= 11 is 0. The van der Waals surface area contributed by atoms with Crippen LogP contribution < -0.4 is 9.64 Å². The Bertz CT molecular complexity index is 1030. The zero-order valence-electron chi connectivity index (χ0n) is 16.2. The summed E-state index contributed by atoms with van der Waals surface area (Å²) in [5.74, 6) is 0.995. The van der Waals surface area contributed by atoms with Crippen LogP contribution in [-0.2, 0) is 11.0 Å². The first-order chi connectivity index (χ1) is 14.9. The molecule has 1 fully saturated rings. The zero-order chi connectivity index (χ0) is 21.8. The molecule has 0 N–H and O–H groups in total. The molecule has 162 valence electrons. The van der Waals surface area contributed by atoms with Crippen LogP contribution >= 0.6 is 0 Å². The van der Waals surface area contributed by atoms with Crippen molar-refractivity contribution in [1.29, 1.82) is 0 Å². The monoisotopic (exact) mass is 433 g/mol. The van der Waals surface area contributed by atoms with E-state index in [1.54, 1.807) is 11.0 Å². The van der Waals surface area contributed by atoms with E-state index in [0.717, 1.165) is 12.1 Å². The van der Waals surface area contributed by atoms with Crippen molar-refractivity contribution in [2.45, 2.75) is 6.18 Å². The fourth-order valence-corrected chi connectivity index (χ4v) is 3.15. The maximum Gasteiger partial charge on any atom is 0.416 e. The maximum atomic E-state index is 12.8. The highest BCUT2D eigenvalue weighted by molar-refractivity contribution is 5.78. The molecule has 1 aliphatic rings. The topological polar surface area (TPSA) is 89.3 Å². The van der Waals surface area contributed by atoms with Gasteiger partial charge in [-0.15, -0.1) is 0 Å². The second-order valence-electron chi connectivity index (χ2n) is 6.76. The second-order valence-corrected chi connectivity index (χ2v) is 6.76. The molecule has 12 heteroatoms. The van der Waals surface area contributed by atoms with Crippen molar-refractivity contribution in [3.05, 3.63) is 54.9 Å². The molecule has 1 aliphatic heterocycles. The third kappa shape index (κ3) is 4.90. The van der Waals surface area contributed by atoms with Crippen LogP contribution in [0, 0.1) is 0 Å². The Morgan fingerprint density at radius 3 is 2.52 bits per heavy atom. The van der Waals surface area contributed by atoms with Gasteiger partial charge in [0.2, 0.25) is 0 Å². The summed E-state index contributed by atoms with van der Waals surface area (Å²) in [5.41, 5.74) is -0.818. The van der Waals surface area contributed by atoms with Gasteiger partial charge >= 0.3 is 6.18 Å². The van der Waals surface area contributed by atoms with E-state index in [1.165, 1.54) is 35.8 Å². The highest BCUT2D eigenvalue weighted by Crippen LogP contribution is 2.31. The third-order valence-corrected chi connectivity index (χ3v) is 4.77. The first kappa shape index (κ1) is 20.6. The van der Waals surface area contributed by atoms with Crippen LogP contribution in [0.15, 0.2) is 49.3 Å². The van der Waals surface area contributed by atoms with Gasteiger partial charge < -0.3 is 14.5 Å². The number of benzene rings is 1. The van der Waals surface area contributed by atoms with E-state index < -0.39 is 11.7 Å². The predicted molar refractivity (Wildman–Crippen MR) is 103 cm³/mol. The number of carbonyl (C=O) groups excluding carboxylic acids is 1. The minimum absolute atomic E-state index is 0.00318. The molecule has 3 aromatic rings. The number of hydrogen-bond acceptors (Lipinski definition) is 7. The number of alkyl halides is 3. The summed E-state index contributed by atoms with van der Waals surface area (Å²) in [5, 5.41) is 4.04. The van der Waals surface area contributed by atoms with Gasteiger partial charge in [0, 0.05) is 32.2 Å². The first-order valence-electron chi connectivity index (χ1n) is 9.40. The maximum absolute atomic E-state index is 12.8. The Morgan fingerprint density at radius 1 is 1.03 bits per heavy atom. The van der Waals surface area contributed by atoms with Gasteiger partial charge in [0.15, 0.2) is 12.4 Å². The molecule has 3 heterocycles. The van der Waals surface area contributed by atoms with Crippen molar-refractivity contribution in [1.82, 2.24) is 29.6 Å². The molecule has 0 spiro atoms. The van der Waals surface area contributed by atoms with Gasteiger partial charge in [-0.3, -0.25) is 4.79 Å². The van der Waals surface area contributed by atoms with Crippen LogP contribution in [0.1, 0.15) is 5.56 Å². The van der Waals surface area contributed by atoms with Gasteiger partial charge in [0.25, 0.3) is 5.91 Å². The van der Waals surface area contributed by atoms with E-state index >= 15 is 0 Å². The lowest BCUT2D eigenvalue weighted by Gasteiger charge is -2.35. The average Bonchev–Trinajstić information content (AvgIpc) is 3.32. The molecule has 0 aliphatic carbocycles. The van der Waals surface area contributed by atoms with Crippen LogP contribution in [0.2, 0.25) is 0 Å². The molecule has 1 saturated heterocycles. The Balaban J connectivity index is 1.31. The number of piperazine rings is 1. The molecule has 0 unspecified atom stereocenters. The fourth-order valence-electron chi connectivity index (χ4n) is 3.15. The van der Waals surface area contributed by atoms with Crippen LogP contribution in [0.4, 0.5) is 19.0 Å². The van der Waals surface area contributed by atoms with Crippen molar-refractivity contribution in [2.24, 2.45) is 0 Å². The molecule has 0 radical (unpaired) electrons. The van der Waals surface area contributed by atoms with E-state index in [9.17, 15) is 18.0 Å². The summed E-state index contributed by atoms with van der Waals surface area (Å²) in [6, 6.07) is 6.25. The van der Waals surface area contributed by atoms with Crippen molar-refractivity contribution in [3.63, 3.8) is 0 Å². The molecule has 1 amide bonds. The smallest absolute Gasteiger partial charge is 0.416 e. The zero-order valence-corrected chi connectivity index (χ0v) is 16.2. The number of anilines is 1. The highest BCUT2D eigenvalue weighted by atomic mass is 19.4. The van der Waals surface area contributed by atoms with Crippen molar-refractivity contribution < 1.29 is 22.7 Å². The normalized spacial score (nSPS) is 14.5. The van der Waals surface area contributed by atoms with Gasteiger partial charge in [-0.2, -0.15) is 18.3 Å². The highest BCUT2D eigenvalue weighted by Gasteiger charge is 2.30. The number of ether oxygens (including phenoxy) is 1. The van der Waals surface area contributed by atoms with E-state index in [2.05, 4.69) is 20.1 Å². The molecule has 0 atom stereocenters. The lowest BCUT2D eigenvalue weighted by Crippen LogP contribution is -2.50. The van der Waals surface area contributed by atoms with Gasteiger partial charge in [0.05, 0.1) is 5.56 Å². The largest absolute Gasteiger partial charge is 0.484 e. The third-order valence-electron chi connectivity index (χ3n) is 4.77. The molecular formula is C19H18F3N7O2. The summed E-state index contributed by atoms with van der Waals surface area (Å²) < 4.78 is 45.2. The molecule has 31 heavy (non-hydrogen) atoms. The van der Waals surface area contributed by atoms with Gasteiger partial charge in [-0.25, -0.2) is 19.6 Å². The fraction of sp³-hybridized carbons (Fsp3) is 0.316. The second kappa shape index (κ2) is 8.58. The summed E-state index contributed by atoms with van der Waals surface area (Å²) in [6.45, 7) is 1.64. The van der Waals surface area contributed by atoms with Crippen LogP contribution in [0.3, 0.4) is 0 Å². The van der Waals surface area contributed by atoms with Gasteiger partial charge in [0.1, 0.15) is 30.5 Å².